The van der Waals surface area contributed by atoms with Gasteiger partial charge in [-0.25, -0.2) is 0 Å². The van der Waals surface area contributed by atoms with E-state index in [2.05, 4.69) is 19.9 Å². The van der Waals surface area contributed by atoms with Gasteiger partial charge in [0.15, 0.2) is 5.78 Å². The number of carbonyl (C=O) groups is 1. The van der Waals surface area contributed by atoms with Gasteiger partial charge in [-0.3, -0.25) is 4.79 Å². The molecule has 0 N–H and O–H groups in total. The van der Waals surface area contributed by atoms with Crippen molar-refractivity contribution in [2.45, 2.75) is 39.5 Å². The number of hydrogen-bond donors (Lipinski definition) is 0. The predicted molar refractivity (Wildman–Crippen MR) is 62.1 cm³/mol. The first-order valence-electron chi connectivity index (χ1n) is 5.80. The lowest BCUT2D eigenvalue weighted by Gasteiger charge is -2.33. The van der Waals surface area contributed by atoms with Crippen LogP contribution in [0.25, 0.3) is 0 Å². The highest BCUT2D eigenvalue weighted by Gasteiger charge is 2.36. The molecule has 0 saturated carbocycles. The molecular weight excluding hydrogens is 184 g/mol. The summed E-state index contributed by atoms with van der Waals surface area (Å²) in [6.07, 6.45) is 4.17. The van der Waals surface area contributed by atoms with Crippen LogP contribution in [0.2, 0.25) is 0 Å². The topological polar surface area (TPSA) is 17.1 Å². The number of Topliss-reactive ketones (excluding diaryl/α,β-unsaturated/α-hetero) is 1. The quantitative estimate of drug-likeness (QED) is 0.715. The molecule has 1 atom stereocenters. The maximum Gasteiger partial charge on any atom is 0.169 e. The summed E-state index contributed by atoms with van der Waals surface area (Å²) in [5.41, 5.74) is 2.08. The molecule has 1 aromatic rings. The number of ketones is 1. The highest BCUT2D eigenvalue weighted by molar-refractivity contribution is 6.02. The van der Waals surface area contributed by atoms with Crippen LogP contribution in [0.4, 0.5) is 0 Å². The molecule has 0 bridgehead atoms. The van der Waals surface area contributed by atoms with Gasteiger partial charge < -0.3 is 0 Å². The third-order valence-corrected chi connectivity index (χ3v) is 3.56. The summed E-state index contributed by atoms with van der Waals surface area (Å²) in [4.78, 5) is 12.3. The van der Waals surface area contributed by atoms with E-state index in [0.717, 1.165) is 31.2 Å². The van der Waals surface area contributed by atoms with Crippen molar-refractivity contribution in [3.05, 3.63) is 35.4 Å². The maximum absolute atomic E-state index is 12.3. The average Bonchev–Trinajstić information content (AvgIpc) is 2.25. The molecule has 0 spiro atoms. The van der Waals surface area contributed by atoms with Crippen LogP contribution in [-0.2, 0) is 6.42 Å². The molecule has 1 unspecified atom stereocenters. The Hall–Kier alpha value is -1.11. The van der Waals surface area contributed by atoms with Crippen molar-refractivity contribution in [1.82, 2.24) is 0 Å². The molecule has 1 heteroatoms. The van der Waals surface area contributed by atoms with Gasteiger partial charge in [0.25, 0.3) is 0 Å². The van der Waals surface area contributed by atoms with E-state index in [4.69, 9.17) is 0 Å². The Morgan fingerprint density at radius 1 is 1.33 bits per heavy atom. The van der Waals surface area contributed by atoms with Crippen molar-refractivity contribution >= 4 is 5.78 Å². The summed E-state index contributed by atoms with van der Waals surface area (Å²) < 4.78 is 0. The Morgan fingerprint density at radius 3 is 2.80 bits per heavy atom. The van der Waals surface area contributed by atoms with E-state index in [1.165, 1.54) is 5.56 Å². The van der Waals surface area contributed by atoms with Gasteiger partial charge in [-0.1, -0.05) is 44.5 Å². The molecule has 0 aliphatic heterocycles. The number of aryl methyl sites for hydroxylation is 1. The zero-order chi connectivity index (χ0) is 10.9. The molecular formula is C14H18O. The van der Waals surface area contributed by atoms with Crippen molar-refractivity contribution in [3.63, 3.8) is 0 Å². The van der Waals surface area contributed by atoms with Gasteiger partial charge in [0.05, 0.1) is 0 Å². The van der Waals surface area contributed by atoms with E-state index in [1.54, 1.807) is 0 Å². The summed E-state index contributed by atoms with van der Waals surface area (Å²) in [7, 11) is 0. The van der Waals surface area contributed by atoms with Crippen molar-refractivity contribution in [1.29, 1.82) is 0 Å². The number of carbonyl (C=O) groups excluding carboxylic acids is 1. The monoisotopic (exact) mass is 202 g/mol. The first-order valence-corrected chi connectivity index (χ1v) is 5.80. The molecule has 2 rings (SSSR count). The Labute approximate surface area is 91.5 Å². The van der Waals surface area contributed by atoms with E-state index in [1.807, 2.05) is 18.2 Å². The Morgan fingerprint density at radius 2 is 2.07 bits per heavy atom. The minimum atomic E-state index is -0.108. The summed E-state index contributed by atoms with van der Waals surface area (Å²) in [5, 5.41) is 0. The predicted octanol–water partition coefficient (Wildman–Crippen LogP) is 3.62. The molecule has 0 fully saturated rings. The summed E-state index contributed by atoms with van der Waals surface area (Å²) in [5.74, 6) is 0.353. The summed E-state index contributed by atoms with van der Waals surface area (Å²) >= 11 is 0. The van der Waals surface area contributed by atoms with Crippen molar-refractivity contribution < 1.29 is 4.79 Å². The normalized spacial score (nSPS) is 25.1. The van der Waals surface area contributed by atoms with Crippen molar-refractivity contribution in [2.24, 2.45) is 5.41 Å². The van der Waals surface area contributed by atoms with E-state index >= 15 is 0 Å². The van der Waals surface area contributed by atoms with Crippen LogP contribution in [-0.4, -0.2) is 5.78 Å². The van der Waals surface area contributed by atoms with Crippen LogP contribution in [0.15, 0.2) is 24.3 Å². The maximum atomic E-state index is 12.3. The van der Waals surface area contributed by atoms with Crippen molar-refractivity contribution in [2.75, 3.05) is 0 Å². The molecule has 0 aromatic heterocycles. The second-order valence-corrected chi connectivity index (χ2v) is 4.80. The van der Waals surface area contributed by atoms with Gasteiger partial charge in [-0.2, -0.15) is 0 Å². The van der Waals surface area contributed by atoms with Crippen LogP contribution < -0.4 is 0 Å². The second kappa shape index (κ2) is 3.80. The average molecular weight is 202 g/mol. The lowest BCUT2D eigenvalue weighted by molar-refractivity contribution is 0.0768. The molecule has 80 valence electrons. The zero-order valence-corrected chi connectivity index (χ0v) is 9.55. The van der Waals surface area contributed by atoms with Gasteiger partial charge in [0.1, 0.15) is 0 Å². The van der Waals surface area contributed by atoms with Crippen LogP contribution in [0.3, 0.4) is 0 Å². The molecule has 15 heavy (non-hydrogen) atoms. The number of rotatable bonds is 2. The Kier molecular flexibility index (Phi) is 2.64. The second-order valence-electron chi connectivity index (χ2n) is 4.80. The smallest absolute Gasteiger partial charge is 0.169 e. The van der Waals surface area contributed by atoms with Crippen LogP contribution in [0, 0.1) is 5.41 Å². The van der Waals surface area contributed by atoms with Gasteiger partial charge in [0, 0.05) is 11.0 Å². The summed E-state index contributed by atoms with van der Waals surface area (Å²) in [6, 6.07) is 8.05. The standard InChI is InChI=1S/C14H18O/c1-3-9-14(2)10-8-11-6-4-5-7-12(11)13(14)15/h4-7H,3,8-10H2,1-2H3. The Balaban J connectivity index is 2.37. The largest absolute Gasteiger partial charge is 0.294 e. The van der Waals surface area contributed by atoms with Crippen LogP contribution >= 0.6 is 0 Å². The van der Waals surface area contributed by atoms with E-state index in [9.17, 15) is 4.79 Å². The van der Waals surface area contributed by atoms with Gasteiger partial charge in [-0.05, 0) is 24.8 Å². The third-order valence-electron chi connectivity index (χ3n) is 3.56. The summed E-state index contributed by atoms with van der Waals surface area (Å²) in [6.45, 7) is 4.27. The number of fused-ring (bicyclic) bond motifs is 1. The van der Waals surface area contributed by atoms with Crippen LogP contribution in [0.5, 0.6) is 0 Å². The molecule has 0 amide bonds. The van der Waals surface area contributed by atoms with Gasteiger partial charge >= 0.3 is 0 Å². The molecule has 1 aromatic carbocycles. The highest BCUT2D eigenvalue weighted by Crippen LogP contribution is 2.38. The molecule has 0 radical (unpaired) electrons. The first-order chi connectivity index (χ1) is 7.17. The fourth-order valence-corrected chi connectivity index (χ4v) is 2.60. The first kappa shape index (κ1) is 10.4. The van der Waals surface area contributed by atoms with Crippen LogP contribution in [0.1, 0.15) is 49.0 Å². The number of hydrogen-bond acceptors (Lipinski definition) is 1. The molecule has 0 heterocycles. The zero-order valence-electron chi connectivity index (χ0n) is 9.55. The molecule has 1 aliphatic rings. The fourth-order valence-electron chi connectivity index (χ4n) is 2.60. The fraction of sp³-hybridized carbons (Fsp3) is 0.500. The van der Waals surface area contributed by atoms with Crippen molar-refractivity contribution in [3.8, 4) is 0 Å². The van der Waals surface area contributed by atoms with E-state index in [-0.39, 0.29) is 5.41 Å². The van der Waals surface area contributed by atoms with E-state index in [0.29, 0.717) is 5.78 Å². The SMILES string of the molecule is CCCC1(C)CCc2ccccc2C1=O. The molecule has 1 aliphatic carbocycles. The highest BCUT2D eigenvalue weighted by atomic mass is 16.1. The van der Waals surface area contributed by atoms with E-state index < -0.39 is 0 Å². The van der Waals surface area contributed by atoms with Gasteiger partial charge in [-0.15, -0.1) is 0 Å². The third kappa shape index (κ3) is 1.71. The molecule has 1 nitrogen and oxygen atoms in total. The minimum absolute atomic E-state index is 0.108. The molecule has 0 saturated heterocycles. The lowest BCUT2D eigenvalue weighted by atomic mass is 9.69. The minimum Gasteiger partial charge on any atom is -0.294 e. The van der Waals surface area contributed by atoms with Gasteiger partial charge in [0.2, 0.25) is 0 Å². The number of benzene rings is 1. The Bertz CT molecular complexity index is 381. The lowest BCUT2D eigenvalue weighted by Crippen LogP contribution is -2.33.